The van der Waals surface area contributed by atoms with Crippen LogP contribution in [0.2, 0.25) is 0 Å². The smallest absolute Gasteiger partial charge is 0.231 e. The van der Waals surface area contributed by atoms with Crippen LogP contribution in [0.15, 0.2) is 41.3 Å². The average molecular weight is 432 g/mol. The predicted octanol–water partition coefficient (Wildman–Crippen LogP) is 2.75. The van der Waals surface area contributed by atoms with Gasteiger partial charge in [-0.15, -0.1) is 0 Å². The monoisotopic (exact) mass is 431 g/mol. The molecule has 0 atom stereocenters. The molecule has 3 heterocycles. The van der Waals surface area contributed by atoms with Crippen LogP contribution in [0.4, 0.5) is 5.13 Å². The molecule has 0 spiro atoms. The van der Waals surface area contributed by atoms with Crippen LogP contribution in [0.1, 0.15) is 5.56 Å². The Morgan fingerprint density at radius 3 is 2.62 bits per heavy atom. The van der Waals surface area contributed by atoms with Gasteiger partial charge in [-0.25, -0.2) is 13.4 Å². The summed E-state index contributed by atoms with van der Waals surface area (Å²) >= 11 is 1.55. The molecule has 0 amide bonds. The van der Waals surface area contributed by atoms with E-state index in [0.717, 1.165) is 59.6 Å². The molecule has 1 aromatic heterocycles. The molecule has 7 nitrogen and oxygen atoms in total. The van der Waals surface area contributed by atoms with Crippen molar-refractivity contribution in [1.29, 1.82) is 0 Å². The van der Waals surface area contributed by atoms with Crippen molar-refractivity contribution in [2.75, 3.05) is 44.1 Å². The van der Waals surface area contributed by atoms with Crippen LogP contribution in [0.25, 0.3) is 10.2 Å². The summed E-state index contributed by atoms with van der Waals surface area (Å²) in [6, 6.07) is 11.3. The van der Waals surface area contributed by atoms with Crippen molar-refractivity contribution < 1.29 is 17.9 Å². The van der Waals surface area contributed by atoms with E-state index in [1.165, 1.54) is 11.8 Å². The maximum Gasteiger partial charge on any atom is 0.231 e. The molecule has 0 bridgehead atoms. The SMILES string of the molecule is CS(=O)(=O)c1ccc2nc(N3CCN(Cc4ccc5c(c4)OCO5)CC3)sc2c1. The van der Waals surface area contributed by atoms with Crippen LogP contribution in [0.3, 0.4) is 0 Å². The number of nitrogens with zero attached hydrogens (tertiary/aromatic N) is 3. The minimum atomic E-state index is -3.21. The lowest BCUT2D eigenvalue weighted by atomic mass is 10.1. The fraction of sp³-hybridized carbons (Fsp3) is 0.350. The van der Waals surface area contributed by atoms with Crippen LogP contribution in [-0.4, -0.2) is 57.5 Å². The normalized spacial score (nSPS) is 17.2. The summed E-state index contributed by atoms with van der Waals surface area (Å²) in [6.07, 6.45) is 1.23. The molecule has 3 aromatic rings. The molecule has 0 saturated carbocycles. The third-order valence-corrected chi connectivity index (χ3v) is 7.45. The molecule has 152 valence electrons. The second-order valence-electron chi connectivity index (χ2n) is 7.35. The first kappa shape index (κ1) is 18.7. The van der Waals surface area contributed by atoms with Gasteiger partial charge in [0.1, 0.15) is 0 Å². The number of rotatable bonds is 4. The zero-order valence-corrected chi connectivity index (χ0v) is 17.6. The molecule has 1 saturated heterocycles. The Hall–Kier alpha value is -2.36. The number of thiazole rings is 1. The Bertz CT molecular complexity index is 1170. The van der Waals surface area contributed by atoms with E-state index in [9.17, 15) is 8.42 Å². The third-order valence-electron chi connectivity index (χ3n) is 5.26. The topological polar surface area (TPSA) is 72.0 Å². The number of anilines is 1. The van der Waals surface area contributed by atoms with Crippen molar-refractivity contribution in [3.05, 3.63) is 42.0 Å². The molecule has 2 aliphatic rings. The highest BCUT2D eigenvalue weighted by Crippen LogP contribution is 2.33. The van der Waals surface area contributed by atoms with E-state index in [1.54, 1.807) is 29.5 Å². The number of sulfone groups is 1. The van der Waals surface area contributed by atoms with E-state index in [0.29, 0.717) is 11.7 Å². The summed E-state index contributed by atoms with van der Waals surface area (Å²) in [7, 11) is -3.21. The van der Waals surface area contributed by atoms with E-state index in [1.807, 2.05) is 6.07 Å². The highest BCUT2D eigenvalue weighted by molar-refractivity contribution is 7.90. The Morgan fingerprint density at radius 2 is 1.83 bits per heavy atom. The largest absolute Gasteiger partial charge is 0.454 e. The maximum absolute atomic E-state index is 11.8. The molecule has 0 radical (unpaired) electrons. The van der Waals surface area contributed by atoms with Crippen molar-refractivity contribution in [2.24, 2.45) is 0 Å². The number of hydrogen-bond donors (Lipinski definition) is 0. The molecule has 9 heteroatoms. The van der Waals surface area contributed by atoms with Gasteiger partial charge in [0.2, 0.25) is 6.79 Å². The zero-order chi connectivity index (χ0) is 20.0. The van der Waals surface area contributed by atoms with Crippen LogP contribution in [-0.2, 0) is 16.4 Å². The molecule has 0 N–H and O–H groups in total. The van der Waals surface area contributed by atoms with Crippen molar-refractivity contribution in [3.8, 4) is 11.5 Å². The Labute approximate surface area is 173 Å². The van der Waals surface area contributed by atoms with Gasteiger partial charge in [0.15, 0.2) is 26.5 Å². The van der Waals surface area contributed by atoms with Crippen LogP contribution < -0.4 is 14.4 Å². The predicted molar refractivity (Wildman–Crippen MR) is 113 cm³/mol. The quantitative estimate of drug-likeness (QED) is 0.629. The molecular formula is C20H21N3O4S2. The van der Waals surface area contributed by atoms with Gasteiger partial charge < -0.3 is 14.4 Å². The van der Waals surface area contributed by atoms with Gasteiger partial charge in [-0.05, 0) is 35.9 Å². The average Bonchev–Trinajstić information content (AvgIpc) is 3.33. The molecule has 2 aromatic carbocycles. The lowest BCUT2D eigenvalue weighted by Gasteiger charge is -2.34. The molecule has 0 aliphatic carbocycles. The fourth-order valence-electron chi connectivity index (χ4n) is 3.65. The van der Waals surface area contributed by atoms with Crippen LogP contribution >= 0.6 is 11.3 Å². The lowest BCUT2D eigenvalue weighted by molar-refractivity contribution is 0.174. The standard InChI is InChI=1S/C20H21N3O4S2/c1-29(24,25)15-3-4-16-19(11-15)28-20(21-16)23-8-6-22(7-9-23)12-14-2-5-17-18(10-14)27-13-26-17/h2-5,10-11H,6-9,12-13H2,1H3. The number of piperazine rings is 1. The van der Waals surface area contributed by atoms with Gasteiger partial charge in [0.25, 0.3) is 0 Å². The summed E-state index contributed by atoms with van der Waals surface area (Å²) in [4.78, 5) is 9.75. The van der Waals surface area contributed by atoms with Gasteiger partial charge in [-0.1, -0.05) is 17.4 Å². The number of ether oxygens (including phenoxy) is 2. The molecule has 5 rings (SSSR count). The summed E-state index contributed by atoms with van der Waals surface area (Å²) in [6.45, 7) is 4.85. The van der Waals surface area contributed by atoms with Crippen molar-refractivity contribution in [2.45, 2.75) is 11.4 Å². The molecular weight excluding hydrogens is 410 g/mol. The van der Waals surface area contributed by atoms with E-state index >= 15 is 0 Å². The van der Waals surface area contributed by atoms with Crippen molar-refractivity contribution >= 4 is 36.5 Å². The third kappa shape index (κ3) is 3.77. The van der Waals surface area contributed by atoms with Gasteiger partial charge >= 0.3 is 0 Å². The lowest BCUT2D eigenvalue weighted by Crippen LogP contribution is -2.45. The number of aromatic nitrogens is 1. The van der Waals surface area contributed by atoms with Crippen LogP contribution in [0.5, 0.6) is 11.5 Å². The van der Waals surface area contributed by atoms with Gasteiger partial charge in [-0.3, -0.25) is 4.90 Å². The Morgan fingerprint density at radius 1 is 1.03 bits per heavy atom. The zero-order valence-electron chi connectivity index (χ0n) is 16.0. The summed E-state index contributed by atoms with van der Waals surface area (Å²) in [5.41, 5.74) is 2.07. The summed E-state index contributed by atoms with van der Waals surface area (Å²) < 4.78 is 35.3. The van der Waals surface area contributed by atoms with E-state index in [2.05, 4.69) is 21.9 Å². The molecule has 2 aliphatic heterocycles. The highest BCUT2D eigenvalue weighted by atomic mass is 32.2. The van der Waals surface area contributed by atoms with Gasteiger partial charge in [0, 0.05) is 39.0 Å². The van der Waals surface area contributed by atoms with E-state index in [4.69, 9.17) is 14.5 Å². The van der Waals surface area contributed by atoms with E-state index in [-0.39, 0.29) is 0 Å². The molecule has 0 unspecified atom stereocenters. The minimum Gasteiger partial charge on any atom is -0.454 e. The second kappa shape index (κ2) is 7.16. The summed E-state index contributed by atoms with van der Waals surface area (Å²) in [5, 5.41) is 0.952. The number of fused-ring (bicyclic) bond motifs is 2. The Kier molecular flexibility index (Phi) is 4.60. The molecule has 1 fully saturated rings. The maximum atomic E-state index is 11.8. The second-order valence-corrected chi connectivity index (χ2v) is 10.4. The van der Waals surface area contributed by atoms with E-state index < -0.39 is 9.84 Å². The number of benzene rings is 2. The Balaban J connectivity index is 1.25. The molecule has 29 heavy (non-hydrogen) atoms. The summed E-state index contributed by atoms with van der Waals surface area (Å²) in [5.74, 6) is 1.64. The number of hydrogen-bond acceptors (Lipinski definition) is 8. The first-order valence-electron chi connectivity index (χ1n) is 9.42. The minimum absolute atomic E-state index is 0.297. The first-order valence-corrected chi connectivity index (χ1v) is 12.1. The van der Waals surface area contributed by atoms with Crippen LogP contribution in [0, 0.1) is 0 Å². The van der Waals surface area contributed by atoms with Crippen molar-refractivity contribution in [1.82, 2.24) is 9.88 Å². The first-order chi connectivity index (χ1) is 14.0. The van der Waals surface area contributed by atoms with Gasteiger partial charge in [-0.2, -0.15) is 0 Å². The fourth-order valence-corrected chi connectivity index (χ4v) is 5.43. The van der Waals surface area contributed by atoms with Gasteiger partial charge in [0.05, 0.1) is 15.1 Å². The van der Waals surface area contributed by atoms with Crippen molar-refractivity contribution in [3.63, 3.8) is 0 Å². The highest BCUT2D eigenvalue weighted by Gasteiger charge is 2.21.